The van der Waals surface area contributed by atoms with E-state index in [1.165, 1.54) is 24.0 Å². The van der Waals surface area contributed by atoms with E-state index in [0.29, 0.717) is 16.7 Å². The molecule has 1 atom stereocenters. The van der Waals surface area contributed by atoms with Crippen molar-refractivity contribution in [1.82, 2.24) is 0 Å². The standard InChI is InChI=1S/C28H24F3N3O5/c1-5-37-26(35)22-15(3)34(19-9-7-8-17(14-19)28(29,30)31)25(32)24(27(36)38-6-2)23(22)21-13-16-12-18(33-4)10-11-20(16)39-21/h7-14,23H,5-6,32H2,1-3H3. The number of esters is 2. The van der Waals surface area contributed by atoms with Gasteiger partial charge in [0.2, 0.25) is 0 Å². The number of ether oxygens (including phenoxy) is 2. The van der Waals surface area contributed by atoms with Crippen LogP contribution in [0, 0.1) is 6.57 Å². The van der Waals surface area contributed by atoms with Crippen LogP contribution in [0.2, 0.25) is 0 Å². The molecule has 202 valence electrons. The highest BCUT2D eigenvalue weighted by atomic mass is 19.4. The van der Waals surface area contributed by atoms with Gasteiger partial charge in [-0.15, -0.1) is 0 Å². The van der Waals surface area contributed by atoms with Gasteiger partial charge in [-0.2, -0.15) is 13.2 Å². The van der Waals surface area contributed by atoms with Crippen LogP contribution in [0.3, 0.4) is 0 Å². The molecule has 3 aromatic rings. The number of nitrogens with zero attached hydrogens (tertiary/aromatic N) is 2. The number of allylic oxidation sites excluding steroid dienone is 1. The molecular formula is C28H24F3N3O5. The van der Waals surface area contributed by atoms with Crippen LogP contribution < -0.4 is 10.6 Å². The molecule has 4 rings (SSSR count). The second kappa shape index (κ2) is 10.6. The lowest BCUT2D eigenvalue weighted by Crippen LogP contribution is -2.39. The topological polar surface area (TPSA) is 99.4 Å². The number of nitrogens with two attached hydrogens (primary N) is 1. The maximum absolute atomic E-state index is 13.5. The maximum Gasteiger partial charge on any atom is 0.416 e. The number of fused-ring (bicyclic) bond motifs is 1. The van der Waals surface area contributed by atoms with Gasteiger partial charge in [0.1, 0.15) is 17.2 Å². The monoisotopic (exact) mass is 539 g/mol. The fourth-order valence-electron chi connectivity index (χ4n) is 4.53. The molecule has 2 N–H and O–H groups in total. The van der Waals surface area contributed by atoms with Crippen molar-refractivity contribution in [2.45, 2.75) is 32.9 Å². The third-order valence-electron chi connectivity index (χ3n) is 6.17. The molecule has 0 amide bonds. The normalized spacial score (nSPS) is 15.9. The quantitative estimate of drug-likeness (QED) is 0.295. The zero-order valence-electron chi connectivity index (χ0n) is 21.3. The molecule has 1 aliphatic heterocycles. The number of hydrogen-bond donors (Lipinski definition) is 1. The summed E-state index contributed by atoms with van der Waals surface area (Å²) in [4.78, 5) is 31.3. The molecule has 1 aromatic heterocycles. The summed E-state index contributed by atoms with van der Waals surface area (Å²) in [7, 11) is 0. The maximum atomic E-state index is 13.5. The predicted octanol–water partition coefficient (Wildman–Crippen LogP) is 6.18. The van der Waals surface area contributed by atoms with Gasteiger partial charge in [0.15, 0.2) is 5.69 Å². The second-order valence-electron chi connectivity index (χ2n) is 8.54. The summed E-state index contributed by atoms with van der Waals surface area (Å²) in [6.45, 7) is 11.9. The predicted molar refractivity (Wildman–Crippen MR) is 136 cm³/mol. The minimum Gasteiger partial charge on any atom is -0.463 e. The van der Waals surface area contributed by atoms with Crippen LogP contribution in [-0.2, 0) is 25.2 Å². The zero-order chi connectivity index (χ0) is 28.5. The first-order valence-electron chi connectivity index (χ1n) is 11.9. The second-order valence-corrected chi connectivity index (χ2v) is 8.54. The van der Waals surface area contributed by atoms with Gasteiger partial charge in [-0.25, -0.2) is 14.4 Å². The number of benzene rings is 2. The summed E-state index contributed by atoms with van der Waals surface area (Å²) in [5.74, 6) is -2.98. The van der Waals surface area contributed by atoms with Gasteiger partial charge in [-0.05, 0) is 57.2 Å². The fraction of sp³-hybridized carbons (Fsp3) is 0.250. The van der Waals surface area contributed by atoms with Crippen LogP contribution in [0.4, 0.5) is 24.5 Å². The largest absolute Gasteiger partial charge is 0.463 e. The summed E-state index contributed by atoms with van der Waals surface area (Å²) in [6.07, 6.45) is -4.64. The van der Waals surface area contributed by atoms with E-state index in [4.69, 9.17) is 26.2 Å². The highest BCUT2D eigenvalue weighted by Gasteiger charge is 2.44. The van der Waals surface area contributed by atoms with Crippen molar-refractivity contribution in [2.75, 3.05) is 18.1 Å². The Morgan fingerprint density at radius 1 is 1.05 bits per heavy atom. The van der Waals surface area contributed by atoms with Gasteiger partial charge >= 0.3 is 18.1 Å². The van der Waals surface area contributed by atoms with E-state index in [2.05, 4.69) is 4.85 Å². The molecule has 0 aliphatic carbocycles. The van der Waals surface area contributed by atoms with E-state index >= 15 is 0 Å². The number of carbonyl (C=O) groups is 2. The molecule has 39 heavy (non-hydrogen) atoms. The number of rotatable bonds is 6. The van der Waals surface area contributed by atoms with Crippen molar-refractivity contribution in [3.05, 3.63) is 93.9 Å². The molecule has 1 unspecified atom stereocenters. The SMILES string of the molecule is [C-]#[N+]c1ccc2oc(C3C(C(=O)OCC)=C(C)N(c4cccc(C(F)(F)F)c4)C(N)=C3C(=O)OCC)cc2c1. The number of hydrogen-bond acceptors (Lipinski definition) is 7. The van der Waals surface area contributed by atoms with Crippen LogP contribution in [0.1, 0.15) is 38.0 Å². The Balaban J connectivity index is 2.01. The smallest absolute Gasteiger partial charge is 0.416 e. The molecule has 11 heteroatoms. The van der Waals surface area contributed by atoms with Crippen LogP contribution >= 0.6 is 0 Å². The van der Waals surface area contributed by atoms with Crippen molar-refractivity contribution >= 4 is 34.3 Å². The van der Waals surface area contributed by atoms with Gasteiger partial charge in [-0.1, -0.05) is 12.1 Å². The molecular weight excluding hydrogens is 515 g/mol. The van der Waals surface area contributed by atoms with Crippen LogP contribution in [0.25, 0.3) is 15.8 Å². The molecule has 8 nitrogen and oxygen atoms in total. The lowest BCUT2D eigenvalue weighted by molar-refractivity contribution is -0.140. The van der Waals surface area contributed by atoms with Crippen molar-refractivity contribution in [3.8, 4) is 0 Å². The minimum atomic E-state index is -4.64. The number of carbonyl (C=O) groups excluding carboxylic acids is 2. The summed E-state index contributed by atoms with van der Waals surface area (Å²) in [6, 6.07) is 10.7. The molecule has 0 radical (unpaired) electrons. The molecule has 0 bridgehead atoms. The third-order valence-corrected chi connectivity index (χ3v) is 6.17. The van der Waals surface area contributed by atoms with Gasteiger partial charge in [0.05, 0.1) is 42.4 Å². The lowest BCUT2D eigenvalue weighted by atomic mass is 9.83. The molecule has 0 spiro atoms. The average molecular weight is 540 g/mol. The number of furan rings is 1. The number of halogens is 3. The van der Waals surface area contributed by atoms with Crippen LogP contribution in [0.5, 0.6) is 0 Å². The Bertz CT molecular complexity index is 1520. The van der Waals surface area contributed by atoms with Gasteiger partial charge in [-0.3, -0.25) is 0 Å². The van der Waals surface area contributed by atoms with E-state index in [0.717, 1.165) is 12.1 Å². The summed E-state index contributed by atoms with van der Waals surface area (Å²) >= 11 is 0. The van der Waals surface area contributed by atoms with Crippen LogP contribution in [0.15, 0.2) is 75.6 Å². The van der Waals surface area contributed by atoms with Crippen molar-refractivity contribution in [2.24, 2.45) is 5.73 Å². The average Bonchev–Trinajstić information content (AvgIpc) is 3.31. The first-order valence-corrected chi connectivity index (χ1v) is 11.9. The Hall–Kier alpha value is -4.72. The zero-order valence-corrected chi connectivity index (χ0v) is 21.3. The van der Waals surface area contributed by atoms with E-state index in [1.807, 2.05) is 0 Å². The van der Waals surface area contributed by atoms with Gasteiger partial charge < -0.3 is 24.5 Å². The van der Waals surface area contributed by atoms with Crippen molar-refractivity contribution < 1.29 is 36.7 Å². The van der Waals surface area contributed by atoms with Gasteiger partial charge in [0.25, 0.3) is 0 Å². The first kappa shape index (κ1) is 27.3. The molecule has 2 heterocycles. The Kier molecular flexibility index (Phi) is 7.40. The van der Waals surface area contributed by atoms with E-state index in [1.54, 1.807) is 38.1 Å². The highest BCUT2D eigenvalue weighted by molar-refractivity contribution is 6.01. The molecule has 0 saturated heterocycles. The van der Waals surface area contributed by atoms with Crippen molar-refractivity contribution in [3.63, 3.8) is 0 Å². The third kappa shape index (κ3) is 5.05. The molecule has 2 aromatic carbocycles. The van der Waals surface area contributed by atoms with Crippen molar-refractivity contribution in [1.29, 1.82) is 0 Å². The van der Waals surface area contributed by atoms with E-state index in [9.17, 15) is 22.8 Å². The minimum absolute atomic E-state index is 0.00563. The number of anilines is 1. The Labute approximate surface area is 221 Å². The summed E-state index contributed by atoms with van der Waals surface area (Å²) in [5.41, 5.74) is 6.16. The van der Waals surface area contributed by atoms with E-state index in [-0.39, 0.29) is 47.3 Å². The highest BCUT2D eigenvalue weighted by Crippen LogP contribution is 2.45. The summed E-state index contributed by atoms with van der Waals surface area (Å²) in [5, 5.41) is 0.543. The molecule has 0 saturated carbocycles. The first-order chi connectivity index (χ1) is 18.5. The summed E-state index contributed by atoms with van der Waals surface area (Å²) < 4.78 is 57.2. The Morgan fingerprint density at radius 3 is 2.33 bits per heavy atom. The fourth-order valence-corrected chi connectivity index (χ4v) is 4.53. The lowest BCUT2D eigenvalue weighted by Gasteiger charge is -2.36. The Morgan fingerprint density at radius 2 is 1.72 bits per heavy atom. The molecule has 0 fully saturated rings. The molecule has 1 aliphatic rings. The van der Waals surface area contributed by atoms with Crippen LogP contribution in [-0.4, -0.2) is 25.2 Å². The van der Waals surface area contributed by atoms with Gasteiger partial charge in [0, 0.05) is 16.8 Å². The van der Waals surface area contributed by atoms with E-state index < -0.39 is 29.6 Å². The number of alkyl halides is 3.